The first-order valence-electron chi connectivity index (χ1n) is 5.00. The second kappa shape index (κ2) is 4.72. The number of thiazole rings is 1. The standard InChI is InChI=1S/C10H13NO3S/c12-10(13)4-7-6-15-9(11-7)5-8-2-1-3-14-8/h6,8H,1-5H2,(H,12,13)/t8-/m1/s1. The predicted molar refractivity (Wildman–Crippen MR) is 56.1 cm³/mol. The van der Waals surface area contributed by atoms with Crippen LogP contribution in [0.1, 0.15) is 23.5 Å². The molecule has 1 aromatic rings. The molecule has 1 atom stereocenters. The van der Waals surface area contributed by atoms with Gasteiger partial charge in [-0.05, 0) is 12.8 Å². The first kappa shape index (κ1) is 10.6. The van der Waals surface area contributed by atoms with Gasteiger partial charge < -0.3 is 9.84 Å². The van der Waals surface area contributed by atoms with E-state index in [4.69, 9.17) is 9.84 Å². The average molecular weight is 227 g/mol. The van der Waals surface area contributed by atoms with Crippen LogP contribution in [0.15, 0.2) is 5.38 Å². The lowest BCUT2D eigenvalue weighted by Gasteiger charge is -2.05. The Morgan fingerprint density at radius 1 is 1.73 bits per heavy atom. The second-order valence-electron chi connectivity index (χ2n) is 3.64. The highest BCUT2D eigenvalue weighted by Gasteiger charge is 2.17. The summed E-state index contributed by atoms with van der Waals surface area (Å²) in [6.07, 6.45) is 3.34. The zero-order chi connectivity index (χ0) is 10.7. The number of carboxylic acid groups (broad SMARTS) is 1. The van der Waals surface area contributed by atoms with Crippen LogP contribution in [0.25, 0.3) is 0 Å². The number of rotatable bonds is 4. The number of hydrogen-bond donors (Lipinski definition) is 1. The molecule has 0 aromatic carbocycles. The van der Waals surface area contributed by atoms with Crippen LogP contribution in [0.5, 0.6) is 0 Å². The molecule has 1 N–H and O–H groups in total. The SMILES string of the molecule is O=C(O)Cc1csc(C[C@H]2CCCO2)n1. The highest BCUT2D eigenvalue weighted by atomic mass is 32.1. The van der Waals surface area contributed by atoms with Gasteiger partial charge in [0.15, 0.2) is 0 Å². The summed E-state index contributed by atoms with van der Waals surface area (Å²) in [7, 11) is 0. The molecular formula is C10H13NO3S. The van der Waals surface area contributed by atoms with E-state index in [0.29, 0.717) is 5.69 Å². The van der Waals surface area contributed by atoms with Gasteiger partial charge in [0.1, 0.15) is 0 Å². The maximum atomic E-state index is 10.5. The normalized spacial score (nSPS) is 20.7. The molecule has 0 aliphatic carbocycles. The lowest BCUT2D eigenvalue weighted by Crippen LogP contribution is -2.08. The highest BCUT2D eigenvalue weighted by Crippen LogP contribution is 2.19. The Bertz CT molecular complexity index is 344. The Morgan fingerprint density at radius 3 is 3.27 bits per heavy atom. The fraction of sp³-hybridized carbons (Fsp3) is 0.600. The van der Waals surface area contributed by atoms with Crippen molar-refractivity contribution in [1.29, 1.82) is 0 Å². The number of carboxylic acids is 1. The van der Waals surface area contributed by atoms with Gasteiger partial charge in [-0.25, -0.2) is 4.98 Å². The van der Waals surface area contributed by atoms with E-state index < -0.39 is 5.97 Å². The van der Waals surface area contributed by atoms with Crippen LogP contribution in [0, 0.1) is 0 Å². The summed E-state index contributed by atoms with van der Waals surface area (Å²) in [4.78, 5) is 14.7. The topological polar surface area (TPSA) is 59.4 Å². The highest BCUT2D eigenvalue weighted by molar-refractivity contribution is 7.09. The summed E-state index contributed by atoms with van der Waals surface area (Å²) in [6, 6.07) is 0. The number of aromatic nitrogens is 1. The van der Waals surface area contributed by atoms with Crippen molar-refractivity contribution in [3.8, 4) is 0 Å². The summed E-state index contributed by atoms with van der Waals surface area (Å²) in [5.74, 6) is -0.830. The monoisotopic (exact) mass is 227 g/mol. The Balaban J connectivity index is 1.91. The molecule has 15 heavy (non-hydrogen) atoms. The molecule has 1 aliphatic heterocycles. The number of hydrogen-bond acceptors (Lipinski definition) is 4. The number of aliphatic carboxylic acids is 1. The molecule has 1 fully saturated rings. The third-order valence-corrected chi connectivity index (χ3v) is 3.28. The fourth-order valence-electron chi connectivity index (χ4n) is 1.68. The van der Waals surface area contributed by atoms with Gasteiger partial charge in [-0.1, -0.05) is 0 Å². The van der Waals surface area contributed by atoms with E-state index in [0.717, 1.165) is 30.9 Å². The van der Waals surface area contributed by atoms with Crippen molar-refractivity contribution < 1.29 is 14.6 Å². The van der Waals surface area contributed by atoms with Crippen LogP contribution in [-0.4, -0.2) is 28.8 Å². The van der Waals surface area contributed by atoms with Crippen molar-refractivity contribution in [3.63, 3.8) is 0 Å². The Morgan fingerprint density at radius 2 is 2.60 bits per heavy atom. The summed E-state index contributed by atoms with van der Waals surface area (Å²) in [5, 5.41) is 11.4. The summed E-state index contributed by atoms with van der Waals surface area (Å²) in [5.41, 5.74) is 0.653. The maximum absolute atomic E-state index is 10.5. The number of carbonyl (C=O) groups is 1. The minimum absolute atomic E-state index is 0.0159. The summed E-state index contributed by atoms with van der Waals surface area (Å²) >= 11 is 1.52. The molecule has 0 bridgehead atoms. The van der Waals surface area contributed by atoms with Crippen LogP contribution < -0.4 is 0 Å². The predicted octanol–water partition coefficient (Wildman–Crippen LogP) is 1.49. The molecule has 4 nitrogen and oxygen atoms in total. The Labute approximate surface area is 91.9 Å². The van der Waals surface area contributed by atoms with Crippen LogP contribution in [0.3, 0.4) is 0 Å². The first-order chi connectivity index (χ1) is 7.24. The molecule has 1 saturated heterocycles. The summed E-state index contributed by atoms with van der Waals surface area (Å²) in [6.45, 7) is 0.845. The van der Waals surface area contributed by atoms with Gasteiger partial charge in [0.2, 0.25) is 0 Å². The number of nitrogens with zero attached hydrogens (tertiary/aromatic N) is 1. The van der Waals surface area contributed by atoms with E-state index >= 15 is 0 Å². The van der Waals surface area contributed by atoms with E-state index in [1.54, 1.807) is 0 Å². The van der Waals surface area contributed by atoms with Gasteiger partial charge in [-0.2, -0.15) is 0 Å². The molecule has 2 heterocycles. The molecule has 0 amide bonds. The summed E-state index contributed by atoms with van der Waals surface area (Å²) < 4.78 is 5.50. The van der Waals surface area contributed by atoms with E-state index in [-0.39, 0.29) is 12.5 Å². The molecule has 0 saturated carbocycles. The van der Waals surface area contributed by atoms with Crippen molar-refractivity contribution in [2.75, 3.05) is 6.61 Å². The van der Waals surface area contributed by atoms with Crippen LogP contribution in [0.4, 0.5) is 0 Å². The van der Waals surface area contributed by atoms with Crippen LogP contribution in [0.2, 0.25) is 0 Å². The fourth-order valence-corrected chi connectivity index (χ4v) is 2.54. The van der Waals surface area contributed by atoms with Crippen molar-refractivity contribution >= 4 is 17.3 Å². The van der Waals surface area contributed by atoms with Gasteiger partial charge in [0.25, 0.3) is 0 Å². The third-order valence-electron chi connectivity index (χ3n) is 2.36. The van der Waals surface area contributed by atoms with Crippen LogP contribution >= 0.6 is 11.3 Å². The van der Waals surface area contributed by atoms with Gasteiger partial charge in [0.05, 0.1) is 23.2 Å². The molecule has 2 rings (SSSR count). The van der Waals surface area contributed by atoms with E-state index in [1.165, 1.54) is 11.3 Å². The largest absolute Gasteiger partial charge is 0.481 e. The van der Waals surface area contributed by atoms with E-state index in [1.807, 2.05) is 5.38 Å². The van der Waals surface area contributed by atoms with E-state index in [2.05, 4.69) is 4.98 Å². The lowest BCUT2D eigenvalue weighted by molar-refractivity contribution is -0.136. The first-order valence-corrected chi connectivity index (χ1v) is 5.88. The third kappa shape index (κ3) is 3.00. The minimum atomic E-state index is -0.830. The van der Waals surface area contributed by atoms with Crippen molar-refractivity contribution in [3.05, 3.63) is 16.1 Å². The maximum Gasteiger partial charge on any atom is 0.309 e. The average Bonchev–Trinajstić information content (AvgIpc) is 2.77. The van der Waals surface area contributed by atoms with Crippen LogP contribution in [-0.2, 0) is 22.4 Å². The molecule has 0 radical (unpaired) electrons. The number of ether oxygens (including phenoxy) is 1. The quantitative estimate of drug-likeness (QED) is 0.846. The van der Waals surface area contributed by atoms with Gasteiger partial charge in [0, 0.05) is 18.4 Å². The zero-order valence-electron chi connectivity index (χ0n) is 8.31. The molecule has 0 unspecified atom stereocenters. The molecule has 0 spiro atoms. The lowest BCUT2D eigenvalue weighted by atomic mass is 10.2. The molecule has 82 valence electrons. The Hall–Kier alpha value is -0.940. The van der Waals surface area contributed by atoms with E-state index in [9.17, 15) is 4.79 Å². The second-order valence-corrected chi connectivity index (χ2v) is 4.58. The zero-order valence-corrected chi connectivity index (χ0v) is 9.13. The smallest absolute Gasteiger partial charge is 0.309 e. The van der Waals surface area contributed by atoms with Crippen molar-refractivity contribution in [1.82, 2.24) is 4.98 Å². The Kier molecular flexibility index (Phi) is 3.33. The molecule has 1 aromatic heterocycles. The molecular weight excluding hydrogens is 214 g/mol. The molecule has 1 aliphatic rings. The van der Waals surface area contributed by atoms with Crippen molar-refractivity contribution in [2.24, 2.45) is 0 Å². The van der Waals surface area contributed by atoms with Gasteiger partial charge in [-0.3, -0.25) is 4.79 Å². The molecule has 5 heteroatoms. The van der Waals surface area contributed by atoms with Gasteiger partial charge >= 0.3 is 5.97 Å². The minimum Gasteiger partial charge on any atom is -0.481 e. The van der Waals surface area contributed by atoms with Gasteiger partial charge in [-0.15, -0.1) is 11.3 Å². The van der Waals surface area contributed by atoms with Crippen molar-refractivity contribution in [2.45, 2.75) is 31.8 Å².